The fourth-order valence-corrected chi connectivity index (χ4v) is 0.721. The zero-order valence-corrected chi connectivity index (χ0v) is 6.37. The summed E-state index contributed by atoms with van der Waals surface area (Å²) >= 11 is 0. The molecule has 0 bridgehead atoms. The summed E-state index contributed by atoms with van der Waals surface area (Å²) in [5.41, 5.74) is 0. The molecule has 1 aromatic rings. The third-order valence-corrected chi connectivity index (χ3v) is 1.22. The number of aromatic hydroxyl groups is 1. The molecule has 0 radical (unpaired) electrons. The van der Waals surface area contributed by atoms with Crippen LogP contribution in [0.25, 0.3) is 0 Å². The summed E-state index contributed by atoms with van der Waals surface area (Å²) in [6.07, 6.45) is 1.29. The van der Waals surface area contributed by atoms with Crippen LogP contribution in [0, 0.1) is 0 Å². The van der Waals surface area contributed by atoms with E-state index in [4.69, 9.17) is 14.6 Å². The van der Waals surface area contributed by atoms with Gasteiger partial charge in [0.2, 0.25) is 0 Å². The zero-order chi connectivity index (χ0) is 8.27. The molecule has 0 aromatic carbocycles. The van der Waals surface area contributed by atoms with Gasteiger partial charge < -0.3 is 14.6 Å². The molecule has 1 aromatic heterocycles. The van der Waals surface area contributed by atoms with Crippen molar-refractivity contribution < 1.29 is 14.6 Å². The summed E-state index contributed by atoms with van der Waals surface area (Å²) in [7, 11) is 2.97. The largest absolute Gasteiger partial charge is 0.506 e. The molecular weight excluding hydrogens is 146 g/mol. The highest BCUT2D eigenvalue weighted by Crippen LogP contribution is 2.26. The normalized spacial score (nSPS) is 9.27. The molecule has 4 nitrogen and oxygen atoms in total. The van der Waals surface area contributed by atoms with E-state index in [0.29, 0.717) is 11.6 Å². The van der Waals surface area contributed by atoms with Gasteiger partial charge in [0.1, 0.15) is 5.75 Å². The van der Waals surface area contributed by atoms with Crippen LogP contribution >= 0.6 is 0 Å². The average molecular weight is 155 g/mol. The van der Waals surface area contributed by atoms with Gasteiger partial charge in [-0.2, -0.15) is 0 Å². The molecule has 0 spiro atoms. The lowest BCUT2D eigenvalue weighted by atomic mass is 10.4. The minimum Gasteiger partial charge on any atom is -0.506 e. The first-order valence-electron chi connectivity index (χ1n) is 3.05. The number of hydrogen-bond acceptors (Lipinski definition) is 4. The van der Waals surface area contributed by atoms with Crippen molar-refractivity contribution in [3.63, 3.8) is 0 Å². The predicted octanol–water partition coefficient (Wildman–Crippen LogP) is 0.804. The second kappa shape index (κ2) is 3.09. The van der Waals surface area contributed by atoms with Gasteiger partial charge in [0.05, 0.1) is 20.4 Å². The molecule has 0 saturated carbocycles. The zero-order valence-electron chi connectivity index (χ0n) is 6.37. The quantitative estimate of drug-likeness (QED) is 0.686. The van der Waals surface area contributed by atoms with Crippen molar-refractivity contribution in [1.82, 2.24) is 4.98 Å². The molecule has 60 valence electrons. The van der Waals surface area contributed by atoms with Crippen molar-refractivity contribution in [1.29, 1.82) is 0 Å². The molecule has 0 saturated heterocycles. The van der Waals surface area contributed by atoms with E-state index in [2.05, 4.69) is 4.98 Å². The lowest BCUT2D eigenvalue weighted by Crippen LogP contribution is -1.92. The number of nitrogens with zero attached hydrogens (tertiary/aromatic N) is 1. The van der Waals surface area contributed by atoms with Crippen molar-refractivity contribution in [2.75, 3.05) is 14.2 Å². The fourth-order valence-electron chi connectivity index (χ4n) is 0.721. The van der Waals surface area contributed by atoms with E-state index >= 15 is 0 Å². The predicted molar refractivity (Wildman–Crippen MR) is 39.0 cm³/mol. The van der Waals surface area contributed by atoms with Gasteiger partial charge in [0, 0.05) is 6.07 Å². The Bertz CT molecular complexity index is 249. The summed E-state index contributed by atoms with van der Waals surface area (Å²) in [5.74, 6) is 0.848. The lowest BCUT2D eigenvalue weighted by molar-refractivity contribution is 0.338. The van der Waals surface area contributed by atoms with Crippen LogP contribution in [0.1, 0.15) is 0 Å². The maximum Gasteiger partial charge on any atom is 0.256 e. The third kappa shape index (κ3) is 1.52. The Morgan fingerprint density at radius 3 is 2.64 bits per heavy atom. The van der Waals surface area contributed by atoms with Crippen LogP contribution in [-0.2, 0) is 0 Å². The first-order valence-corrected chi connectivity index (χ1v) is 3.05. The summed E-state index contributed by atoms with van der Waals surface area (Å²) in [6.45, 7) is 0. The van der Waals surface area contributed by atoms with Crippen LogP contribution in [0.15, 0.2) is 12.3 Å². The van der Waals surface area contributed by atoms with Crippen LogP contribution in [0.4, 0.5) is 0 Å². The summed E-state index contributed by atoms with van der Waals surface area (Å²) in [6, 6.07) is 1.44. The van der Waals surface area contributed by atoms with Crippen LogP contribution in [0.5, 0.6) is 17.4 Å². The van der Waals surface area contributed by atoms with E-state index in [9.17, 15) is 0 Å². The minimum absolute atomic E-state index is 0.0580. The van der Waals surface area contributed by atoms with Crippen LogP contribution in [0.2, 0.25) is 0 Å². The van der Waals surface area contributed by atoms with Crippen molar-refractivity contribution >= 4 is 0 Å². The second-order valence-electron chi connectivity index (χ2n) is 1.91. The highest BCUT2D eigenvalue weighted by Gasteiger charge is 2.04. The average Bonchev–Trinajstić information content (AvgIpc) is 2.04. The molecule has 0 aliphatic rings. The smallest absolute Gasteiger partial charge is 0.256 e. The van der Waals surface area contributed by atoms with Gasteiger partial charge >= 0.3 is 0 Å². The maximum atomic E-state index is 8.97. The second-order valence-corrected chi connectivity index (χ2v) is 1.91. The third-order valence-electron chi connectivity index (χ3n) is 1.22. The Morgan fingerprint density at radius 2 is 2.09 bits per heavy atom. The van der Waals surface area contributed by atoms with E-state index < -0.39 is 0 Å². The van der Waals surface area contributed by atoms with E-state index in [0.717, 1.165) is 0 Å². The Morgan fingerprint density at radius 1 is 1.36 bits per heavy atom. The Hall–Kier alpha value is -1.45. The van der Waals surface area contributed by atoms with Gasteiger partial charge in [0.15, 0.2) is 5.75 Å². The molecular formula is C7H9NO3. The van der Waals surface area contributed by atoms with Gasteiger partial charge in [0.25, 0.3) is 5.88 Å². The van der Waals surface area contributed by atoms with Crippen LogP contribution in [0.3, 0.4) is 0 Å². The molecule has 0 aliphatic heterocycles. The molecule has 4 heteroatoms. The summed E-state index contributed by atoms with van der Waals surface area (Å²) in [5, 5.41) is 8.97. The highest BCUT2D eigenvalue weighted by atomic mass is 16.5. The van der Waals surface area contributed by atoms with Crippen molar-refractivity contribution in [3.05, 3.63) is 12.3 Å². The molecule has 0 amide bonds. The molecule has 0 atom stereocenters. The van der Waals surface area contributed by atoms with Crippen LogP contribution < -0.4 is 9.47 Å². The number of methoxy groups -OCH3 is 2. The molecule has 0 aliphatic carbocycles. The van der Waals surface area contributed by atoms with Crippen molar-refractivity contribution in [2.45, 2.75) is 0 Å². The van der Waals surface area contributed by atoms with Gasteiger partial charge in [-0.1, -0.05) is 0 Å². The highest BCUT2D eigenvalue weighted by molar-refractivity contribution is 5.38. The number of aromatic nitrogens is 1. The van der Waals surface area contributed by atoms with E-state index in [1.54, 1.807) is 0 Å². The number of ether oxygens (including phenoxy) is 2. The van der Waals surface area contributed by atoms with Gasteiger partial charge in [-0.15, -0.1) is 0 Å². The van der Waals surface area contributed by atoms with Gasteiger partial charge in [-0.25, -0.2) is 4.98 Å². The fraction of sp³-hybridized carbons (Fsp3) is 0.286. The van der Waals surface area contributed by atoms with Gasteiger partial charge in [-0.3, -0.25) is 0 Å². The van der Waals surface area contributed by atoms with Crippen molar-refractivity contribution in [3.8, 4) is 17.4 Å². The van der Waals surface area contributed by atoms with Crippen molar-refractivity contribution in [2.24, 2.45) is 0 Å². The van der Waals surface area contributed by atoms with E-state index in [-0.39, 0.29) is 5.75 Å². The molecule has 1 rings (SSSR count). The minimum atomic E-state index is 0.0580. The Kier molecular flexibility index (Phi) is 2.15. The van der Waals surface area contributed by atoms with E-state index in [1.807, 2.05) is 0 Å². The topological polar surface area (TPSA) is 51.6 Å². The summed E-state index contributed by atoms with van der Waals surface area (Å²) < 4.78 is 9.71. The standard InChI is InChI=1S/C7H9NO3/c1-10-6-3-5(9)4-8-7(6)11-2/h3-4,9H,1-2H3. The number of rotatable bonds is 2. The molecule has 11 heavy (non-hydrogen) atoms. The van der Waals surface area contributed by atoms with E-state index in [1.165, 1.54) is 26.5 Å². The Labute approximate surface area is 64.4 Å². The molecule has 1 N–H and O–H groups in total. The van der Waals surface area contributed by atoms with Crippen LogP contribution in [-0.4, -0.2) is 24.3 Å². The molecule has 1 heterocycles. The molecule has 0 fully saturated rings. The van der Waals surface area contributed by atoms with Gasteiger partial charge in [-0.05, 0) is 0 Å². The summed E-state index contributed by atoms with van der Waals surface area (Å²) in [4.78, 5) is 3.77. The first-order chi connectivity index (χ1) is 5.27. The monoisotopic (exact) mass is 155 g/mol. The first kappa shape index (κ1) is 7.65. The lowest BCUT2D eigenvalue weighted by Gasteiger charge is -2.04. The number of hydrogen-bond donors (Lipinski definition) is 1. The SMILES string of the molecule is COc1cc(O)cnc1OC. The molecule has 0 unspecified atom stereocenters. The number of pyridine rings is 1. The maximum absolute atomic E-state index is 8.97. The Balaban J connectivity index is 3.06.